The molecule has 4 heterocycles. The van der Waals surface area contributed by atoms with Crippen LogP contribution in [0.4, 0.5) is 4.79 Å². The van der Waals surface area contributed by atoms with Crippen LogP contribution in [0.15, 0.2) is 0 Å². The molecule has 2 saturated carbocycles. The third kappa shape index (κ3) is 2.55. The summed E-state index contributed by atoms with van der Waals surface area (Å²) in [5.74, 6) is 2.41. The van der Waals surface area contributed by atoms with Gasteiger partial charge in [-0.1, -0.05) is 20.3 Å². The van der Waals surface area contributed by atoms with Gasteiger partial charge in [0.15, 0.2) is 5.79 Å². The number of ether oxygens (including phenoxy) is 4. The molecule has 2 spiro atoms. The SMILES string of the molecule is CSC(=O)OCCCS[C@@H]1O[C@@]23O[C@@]4(C)CC[C@H]5[C@H](C)CC[C@@H]([C@H]1C)[C@]52C3O4. The van der Waals surface area contributed by atoms with E-state index in [1.165, 1.54) is 19.3 Å². The third-order valence-electron chi connectivity index (χ3n) is 8.10. The fourth-order valence-electron chi connectivity index (χ4n) is 6.94. The molecule has 1 unspecified atom stereocenters. The molecule has 28 heavy (non-hydrogen) atoms. The topological polar surface area (TPSA) is 54.0 Å². The fourth-order valence-corrected chi connectivity index (χ4v) is 8.36. The lowest BCUT2D eigenvalue weighted by Crippen LogP contribution is -2.53. The van der Waals surface area contributed by atoms with Gasteiger partial charge in [-0.2, -0.15) is 0 Å². The van der Waals surface area contributed by atoms with Gasteiger partial charge in [0.2, 0.25) is 5.79 Å². The molecular weight excluding hydrogens is 396 g/mol. The Hall–Kier alpha value is 0.0500. The lowest BCUT2D eigenvalue weighted by Gasteiger charge is -2.51. The van der Waals surface area contributed by atoms with Crippen LogP contribution in [0.5, 0.6) is 0 Å². The Morgan fingerprint density at radius 3 is 2.79 bits per heavy atom. The zero-order chi connectivity index (χ0) is 19.7. The van der Waals surface area contributed by atoms with Gasteiger partial charge in [0.1, 0.15) is 11.5 Å². The van der Waals surface area contributed by atoms with Gasteiger partial charge in [-0.25, -0.2) is 4.79 Å². The summed E-state index contributed by atoms with van der Waals surface area (Å²) in [6, 6.07) is 0. The molecule has 0 amide bonds. The second kappa shape index (κ2) is 6.78. The number of carbonyl (C=O) groups excluding carboxylic acids is 1. The van der Waals surface area contributed by atoms with Gasteiger partial charge < -0.3 is 18.9 Å². The van der Waals surface area contributed by atoms with Gasteiger partial charge in [0.25, 0.3) is 0 Å². The molecule has 0 aromatic heterocycles. The van der Waals surface area contributed by atoms with Crippen molar-refractivity contribution in [2.75, 3.05) is 18.6 Å². The molecule has 6 aliphatic rings. The Bertz CT molecular complexity index is 661. The lowest BCUT2D eigenvalue weighted by atomic mass is 9.59. The summed E-state index contributed by atoms with van der Waals surface area (Å²) < 4.78 is 25.1. The molecular formula is C21H32O5S2. The van der Waals surface area contributed by atoms with Crippen molar-refractivity contribution in [3.63, 3.8) is 0 Å². The van der Waals surface area contributed by atoms with Gasteiger partial charge >= 0.3 is 5.30 Å². The number of hydrogen-bond donors (Lipinski definition) is 0. The minimum absolute atomic E-state index is 0.0744. The Morgan fingerprint density at radius 2 is 2.00 bits per heavy atom. The summed E-state index contributed by atoms with van der Waals surface area (Å²) in [5, 5.41) is -0.201. The van der Waals surface area contributed by atoms with Crippen LogP contribution in [-0.4, -0.2) is 47.0 Å². The molecule has 6 rings (SSSR count). The van der Waals surface area contributed by atoms with Crippen molar-refractivity contribution in [3.8, 4) is 0 Å². The largest absolute Gasteiger partial charge is 0.458 e. The molecule has 0 aromatic carbocycles. The summed E-state index contributed by atoms with van der Waals surface area (Å²) in [6.07, 6.45) is 7.45. The fraction of sp³-hybridized carbons (Fsp3) is 0.952. The Kier molecular flexibility index (Phi) is 4.83. The van der Waals surface area contributed by atoms with E-state index < -0.39 is 11.6 Å². The summed E-state index contributed by atoms with van der Waals surface area (Å²) in [6.45, 7) is 7.36. The van der Waals surface area contributed by atoms with E-state index in [-0.39, 0.29) is 22.3 Å². The molecule has 5 nitrogen and oxygen atoms in total. The highest BCUT2D eigenvalue weighted by molar-refractivity contribution is 8.12. The number of thioether (sulfide) groups is 2. The normalized spacial score (nSPS) is 53.3. The Morgan fingerprint density at radius 1 is 1.18 bits per heavy atom. The van der Waals surface area contributed by atoms with Gasteiger partial charge in [-0.05, 0) is 73.6 Å². The molecule has 6 fully saturated rings. The number of fused-ring (bicyclic) bond motifs is 1. The average Bonchev–Trinajstić information content (AvgIpc) is 3.13. The molecule has 9 atom stereocenters. The molecule has 4 saturated heterocycles. The molecule has 0 radical (unpaired) electrons. The maximum absolute atomic E-state index is 11.3. The first kappa shape index (κ1) is 20.0. The molecule has 2 aliphatic carbocycles. The highest BCUT2D eigenvalue weighted by Gasteiger charge is 2.94. The molecule has 4 bridgehead atoms. The first-order chi connectivity index (χ1) is 13.4. The Balaban J connectivity index is 1.31. The minimum Gasteiger partial charge on any atom is -0.458 e. The standard InChI is InChI=1S/C21H32O5S2/c1-12-6-7-15-13(2)16(28-11-5-10-23-18(22)27-4)24-21-17-20(15,21)14(12)8-9-19(3,25-17)26-21/h12-17H,5-11H2,1-4H3/t12-,13-,14+,15+,16+,17?,19+,20+,21+/m1/s1. The number of hydrogen-bond acceptors (Lipinski definition) is 7. The Labute approximate surface area is 176 Å². The third-order valence-corrected chi connectivity index (χ3v) is 9.93. The molecule has 158 valence electrons. The van der Waals surface area contributed by atoms with Crippen molar-refractivity contribution in [1.82, 2.24) is 0 Å². The van der Waals surface area contributed by atoms with Crippen molar-refractivity contribution < 1.29 is 23.7 Å². The summed E-state index contributed by atoms with van der Waals surface area (Å²) >= 11 is 2.98. The van der Waals surface area contributed by atoms with E-state index in [4.69, 9.17) is 18.9 Å². The molecule has 0 aromatic rings. The van der Waals surface area contributed by atoms with Crippen molar-refractivity contribution in [2.24, 2.45) is 29.1 Å². The van der Waals surface area contributed by atoms with Crippen molar-refractivity contribution in [1.29, 1.82) is 0 Å². The molecule has 7 heteroatoms. The monoisotopic (exact) mass is 428 g/mol. The van der Waals surface area contributed by atoms with Gasteiger partial charge in [-0.3, -0.25) is 0 Å². The summed E-state index contributed by atoms with van der Waals surface area (Å²) in [4.78, 5) is 11.3. The van der Waals surface area contributed by atoms with Crippen LogP contribution in [0.25, 0.3) is 0 Å². The average molecular weight is 429 g/mol. The van der Waals surface area contributed by atoms with Crippen molar-refractivity contribution >= 4 is 28.8 Å². The second-order valence-electron chi connectivity index (χ2n) is 9.51. The van der Waals surface area contributed by atoms with Gasteiger partial charge in [-0.15, -0.1) is 11.8 Å². The van der Waals surface area contributed by atoms with Crippen molar-refractivity contribution in [2.45, 2.75) is 76.0 Å². The van der Waals surface area contributed by atoms with Gasteiger partial charge in [0.05, 0.1) is 12.0 Å². The second-order valence-corrected chi connectivity index (χ2v) is 11.5. The van der Waals surface area contributed by atoms with Crippen LogP contribution in [0, 0.1) is 29.1 Å². The van der Waals surface area contributed by atoms with E-state index in [9.17, 15) is 4.79 Å². The van der Waals surface area contributed by atoms with E-state index in [0.717, 1.165) is 36.3 Å². The quantitative estimate of drug-likeness (QED) is 0.457. The predicted octanol–water partition coefficient (Wildman–Crippen LogP) is 4.89. The number of carbonyl (C=O) groups is 1. The smallest absolute Gasteiger partial charge is 0.367 e. The minimum atomic E-state index is -0.516. The maximum Gasteiger partial charge on any atom is 0.367 e. The van der Waals surface area contributed by atoms with E-state index in [1.54, 1.807) is 6.26 Å². The van der Waals surface area contributed by atoms with E-state index in [1.807, 2.05) is 11.8 Å². The molecule has 0 N–H and O–H groups in total. The van der Waals surface area contributed by atoms with E-state index >= 15 is 0 Å². The first-order valence-electron chi connectivity index (χ1n) is 10.8. The van der Waals surface area contributed by atoms with Gasteiger partial charge in [0, 0.05) is 6.42 Å². The van der Waals surface area contributed by atoms with Crippen LogP contribution in [0.3, 0.4) is 0 Å². The van der Waals surface area contributed by atoms with Crippen LogP contribution in [0.2, 0.25) is 0 Å². The van der Waals surface area contributed by atoms with Crippen LogP contribution in [-0.2, 0) is 18.9 Å². The summed E-state index contributed by atoms with van der Waals surface area (Å²) in [5.41, 5.74) is 0.197. The first-order valence-corrected chi connectivity index (χ1v) is 13.0. The predicted molar refractivity (Wildman–Crippen MR) is 110 cm³/mol. The number of rotatable bonds is 5. The van der Waals surface area contributed by atoms with E-state index in [2.05, 4.69) is 20.8 Å². The highest BCUT2D eigenvalue weighted by Crippen LogP contribution is 2.83. The highest BCUT2D eigenvalue weighted by atomic mass is 32.2. The van der Waals surface area contributed by atoms with Crippen LogP contribution >= 0.6 is 23.5 Å². The summed E-state index contributed by atoms with van der Waals surface area (Å²) in [7, 11) is 0. The maximum atomic E-state index is 11.3. The van der Waals surface area contributed by atoms with Crippen LogP contribution in [0.1, 0.15) is 52.9 Å². The van der Waals surface area contributed by atoms with Crippen molar-refractivity contribution in [3.05, 3.63) is 0 Å². The lowest BCUT2D eigenvalue weighted by molar-refractivity contribution is -0.311. The zero-order valence-corrected chi connectivity index (χ0v) is 18.9. The zero-order valence-electron chi connectivity index (χ0n) is 17.3. The van der Waals surface area contributed by atoms with E-state index in [0.29, 0.717) is 24.4 Å². The van der Waals surface area contributed by atoms with Crippen LogP contribution < -0.4 is 0 Å². The molecule has 4 aliphatic heterocycles.